The van der Waals surface area contributed by atoms with Crippen LogP contribution < -0.4 is 5.73 Å². The van der Waals surface area contributed by atoms with Crippen molar-refractivity contribution in [3.63, 3.8) is 0 Å². The number of halogens is 1. The highest BCUT2D eigenvalue weighted by atomic mass is 19.1. The first-order valence-electron chi connectivity index (χ1n) is 5.11. The third-order valence-corrected chi connectivity index (χ3v) is 2.46. The molecule has 0 aliphatic carbocycles. The van der Waals surface area contributed by atoms with E-state index in [2.05, 4.69) is 9.55 Å². The molecule has 0 spiro atoms. The topological polar surface area (TPSA) is 43.8 Å². The molecular formula is C11H14FN3. The lowest BCUT2D eigenvalue weighted by Gasteiger charge is -2.05. The molecule has 0 radical (unpaired) electrons. The standard InChI is InChI=1S/C11H14FN3/c1-2-11-14-9-7-8(12)3-4-10(9)15(11)6-5-13/h3-4,7H,2,5-6,13H2,1H3. The van der Waals surface area contributed by atoms with Crippen LogP contribution in [-0.2, 0) is 13.0 Å². The van der Waals surface area contributed by atoms with Gasteiger partial charge in [-0.15, -0.1) is 0 Å². The van der Waals surface area contributed by atoms with Gasteiger partial charge in [-0.05, 0) is 12.1 Å². The molecule has 1 aromatic carbocycles. The van der Waals surface area contributed by atoms with E-state index in [-0.39, 0.29) is 5.82 Å². The zero-order valence-electron chi connectivity index (χ0n) is 8.70. The van der Waals surface area contributed by atoms with Gasteiger partial charge in [-0.25, -0.2) is 9.37 Å². The van der Waals surface area contributed by atoms with Crippen LogP contribution in [0, 0.1) is 5.82 Å². The summed E-state index contributed by atoms with van der Waals surface area (Å²) in [5.74, 6) is 0.712. The number of benzene rings is 1. The van der Waals surface area contributed by atoms with Crippen LogP contribution in [0.25, 0.3) is 11.0 Å². The minimum Gasteiger partial charge on any atom is -0.329 e. The Morgan fingerprint density at radius 2 is 2.27 bits per heavy atom. The first kappa shape index (κ1) is 10.1. The number of nitrogens with zero attached hydrogens (tertiary/aromatic N) is 2. The summed E-state index contributed by atoms with van der Waals surface area (Å²) in [6, 6.07) is 4.67. The summed E-state index contributed by atoms with van der Waals surface area (Å²) in [4.78, 5) is 4.38. The third kappa shape index (κ3) is 1.72. The van der Waals surface area contributed by atoms with Crippen molar-refractivity contribution >= 4 is 11.0 Å². The van der Waals surface area contributed by atoms with Crippen molar-refractivity contribution in [1.29, 1.82) is 0 Å². The van der Waals surface area contributed by atoms with E-state index in [0.29, 0.717) is 12.1 Å². The third-order valence-electron chi connectivity index (χ3n) is 2.46. The van der Waals surface area contributed by atoms with E-state index in [1.807, 2.05) is 6.92 Å². The van der Waals surface area contributed by atoms with Crippen molar-refractivity contribution in [2.45, 2.75) is 19.9 Å². The summed E-state index contributed by atoms with van der Waals surface area (Å²) in [5.41, 5.74) is 7.21. The summed E-state index contributed by atoms with van der Waals surface area (Å²) in [6.07, 6.45) is 0.830. The maximum Gasteiger partial charge on any atom is 0.125 e. The number of aromatic nitrogens is 2. The molecule has 0 bridgehead atoms. The Labute approximate surface area is 87.7 Å². The van der Waals surface area contributed by atoms with Gasteiger partial charge in [0.25, 0.3) is 0 Å². The number of nitrogens with two attached hydrogens (primary N) is 1. The van der Waals surface area contributed by atoms with Gasteiger partial charge in [0.05, 0.1) is 11.0 Å². The number of fused-ring (bicyclic) bond motifs is 1. The Morgan fingerprint density at radius 1 is 1.47 bits per heavy atom. The molecule has 2 rings (SSSR count). The van der Waals surface area contributed by atoms with Crippen LogP contribution in [0.4, 0.5) is 4.39 Å². The van der Waals surface area contributed by atoms with Gasteiger partial charge in [0.1, 0.15) is 11.6 Å². The van der Waals surface area contributed by atoms with Gasteiger partial charge in [0.2, 0.25) is 0 Å². The highest BCUT2D eigenvalue weighted by Crippen LogP contribution is 2.17. The Kier molecular flexibility index (Phi) is 2.68. The number of aryl methyl sites for hydroxylation is 1. The highest BCUT2D eigenvalue weighted by molar-refractivity contribution is 5.76. The Bertz CT molecular complexity index is 476. The van der Waals surface area contributed by atoms with Crippen LogP contribution in [0.2, 0.25) is 0 Å². The fourth-order valence-corrected chi connectivity index (χ4v) is 1.80. The van der Waals surface area contributed by atoms with Crippen molar-refractivity contribution < 1.29 is 4.39 Å². The number of imidazole rings is 1. The van der Waals surface area contributed by atoms with Gasteiger partial charge in [-0.3, -0.25) is 0 Å². The number of rotatable bonds is 3. The predicted octanol–water partition coefficient (Wildman–Crippen LogP) is 1.70. The van der Waals surface area contributed by atoms with Gasteiger partial charge in [-0.2, -0.15) is 0 Å². The van der Waals surface area contributed by atoms with Crippen LogP contribution in [0.5, 0.6) is 0 Å². The molecule has 4 heteroatoms. The number of hydrogen-bond acceptors (Lipinski definition) is 2. The molecule has 0 aliphatic rings. The molecule has 0 fully saturated rings. The molecule has 3 nitrogen and oxygen atoms in total. The van der Waals surface area contributed by atoms with E-state index in [1.165, 1.54) is 12.1 Å². The highest BCUT2D eigenvalue weighted by Gasteiger charge is 2.08. The maximum absolute atomic E-state index is 13.0. The van der Waals surface area contributed by atoms with Crippen LogP contribution in [0.1, 0.15) is 12.7 Å². The molecule has 2 aromatic rings. The van der Waals surface area contributed by atoms with E-state index < -0.39 is 0 Å². The Hall–Kier alpha value is -1.42. The van der Waals surface area contributed by atoms with E-state index in [4.69, 9.17) is 5.73 Å². The zero-order valence-corrected chi connectivity index (χ0v) is 8.70. The fourth-order valence-electron chi connectivity index (χ4n) is 1.80. The molecule has 0 unspecified atom stereocenters. The quantitative estimate of drug-likeness (QED) is 0.832. The maximum atomic E-state index is 13.0. The molecule has 80 valence electrons. The number of hydrogen-bond donors (Lipinski definition) is 1. The van der Waals surface area contributed by atoms with E-state index in [1.54, 1.807) is 6.07 Å². The molecule has 0 saturated carbocycles. The molecule has 0 aliphatic heterocycles. The predicted molar refractivity (Wildman–Crippen MR) is 58.1 cm³/mol. The first-order valence-corrected chi connectivity index (χ1v) is 5.11. The lowest BCUT2D eigenvalue weighted by molar-refractivity contribution is 0.629. The van der Waals surface area contributed by atoms with Crippen molar-refractivity contribution in [3.05, 3.63) is 29.8 Å². The molecule has 1 aromatic heterocycles. The van der Waals surface area contributed by atoms with Crippen molar-refractivity contribution in [3.8, 4) is 0 Å². The fraction of sp³-hybridized carbons (Fsp3) is 0.364. The largest absolute Gasteiger partial charge is 0.329 e. The van der Waals surface area contributed by atoms with Crippen molar-refractivity contribution in [1.82, 2.24) is 9.55 Å². The van der Waals surface area contributed by atoms with Gasteiger partial charge in [-0.1, -0.05) is 6.92 Å². The minimum atomic E-state index is -0.248. The Balaban J connectivity index is 2.63. The first-order chi connectivity index (χ1) is 7.26. The van der Waals surface area contributed by atoms with E-state index in [0.717, 1.165) is 24.3 Å². The van der Waals surface area contributed by atoms with Gasteiger partial charge in [0.15, 0.2) is 0 Å². The zero-order chi connectivity index (χ0) is 10.8. The second-order valence-corrected chi connectivity index (χ2v) is 3.45. The van der Waals surface area contributed by atoms with Gasteiger partial charge >= 0.3 is 0 Å². The molecule has 1 heterocycles. The van der Waals surface area contributed by atoms with Gasteiger partial charge < -0.3 is 10.3 Å². The smallest absolute Gasteiger partial charge is 0.125 e. The summed E-state index contributed by atoms with van der Waals surface area (Å²) in [6.45, 7) is 3.33. The van der Waals surface area contributed by atoms with E-state index >= 15 is 0 Å². The molecule has 2 N–H and O–H groups in total. The van der Waals surface area contributed by atoms with Crippen LogP contribution in [-0.4, -0.2) is 16.1 Å². The second-order valence-electron chi connectivity index (χ2n) is 3.45. The molecular weight excluding hydrogens is 193 g/mol. The lowest BCUT2D eigenvalue weighted by atomic mass is 10.3. The normalized spacial score (nSPS) is 11.1. The van der Waals surface area contributed by atoms with Crippen molar-refractivity contribution in [2.24, 2.45) is 5.73 Å². The van der Waals surface area contributed by atoms with Crippen LogP contribution >= 0.6 is 0 Å². The lowest BCUT2D eigenvalue weighted by Crippen LogP contribution is -2.12. The molecule has 0 amide bonds. The van der Waals surface area contributed by atoms with E-state index in [9.17, 15) is 4.39 Å². The monoisotopic (exact) mass is 207 g/mol. The average molecular weight is 207 g/mol. The summed E-state index contributed by atoms with van der Waals surface area (Å²) < 4.78 is 15.0. The molecule has 0 saturated heterocycles. The summed E-state index contributed by atoms with van der Waals surface area (Å²) in [5, 5.41) is 0. The van der Waals surface area contributed by atoms with Crippen LogP contribution in [0.15, 0.2) is 18.2 Å². The Morgan fingerprint density at radius 3 is 2.93 bits per heavy atom. The van der Waals surface area contributed by atoms with Crippen LogP contribution in [0.3, 0.4) is 0 Å². The summed E-state index contributed by atoms with van der Waals surface area (Å²) in [7, 11) is 0. The van der Waals surface area contributed by atoms with Gasteiger partial charge in [0, 0.05) is 25.6 Å². The SMILES string of the molecule is CCc1nc2cc(F)ccc2n1CCN. The minimum absolute atomic E-state index is 0.248. The average Bonchev–Trinajstić information content (AvgIpc) is 2.56. The van der Waals surface area contributed by atoms with Crippen molar-refractivity contribution in [2.75, 3.05) is 6.54 Å². The molecule has 15 heavy (non-hydrogen) atoms. The molecule has 0 atom stereocenters. The summed E-state index contributed by atoms with van der Waals surface area (Å²) >= 11 is 0. The second kappa shape index (κ2) is 3.98.